The van der Waals surface area contributed by atoms with Crippen LogP contribution >= 0.6 is 0 Å². The summed E-state index contributed by atoms with van der Waals surface area (Å²) in [5.41, 5.74) is 2.56. The van der Waals surface area contributed by atoms with E-state index in [4.69, 9.17) is 4.42 Å². The molecule has 1 aromatic heterocycles. The van der Waals surface area contributed by atoms with Crippen molar-refractivity contribution in [1.82, 2.24) is 14.8 Å². The second-order valence-electron chi connectivity index (χ2n) is 9.07. The fourth-order valence-corrected chi connectivity index (χ4v) is 4.62. The largest absolute Gasteiger partial charge is 0.436 e. The van der Waals surface area contributed by atoms with E-state index in [9.17, 15) is 14.0 Å². The van der Waals surface area contributed by atoms with Crippen LogP contribution < -0.4 is 0 Å². The van der Waals surface area contributed by atoms with Gasteiger partial charge in [0, 0.05) is 38.2 Å². The van der Waals surface area contributed by atoms with Crippen LogP contribution in [0.1, 0.15) is 28.8 Å². The van der Waals surface area contributed by atoms with Crippen LogP contribution in [0.4, 0.5) is 4.39 Å². The predicted octanol–water partition coefficient (Wildman–Crippen LogP) is 5.46. The highest BCUT2D eigenvalue weighted by Gasteiger charge is 2.27. The lowest BCUT2D eigenvalue weighted by Gasteiger charge is -2.35. The SMILES string of the molecule is O=C(CCCc1ccccc1)N1CCN(C(=O)c2ccccc2-c2ncc(-c3ccccc3F)o2)CC1. The van der Waals surface area contributed by atoms with Gasteiger partial charge in [-0.1, -0.05) is 54.6 Å². The molecule has 0 bridgehead atoms. The molecule has 5 rings (SSSR count). The van der Waals surface area contributed by atoms with Gasteiger partial charge in [0.15, 0.2) is 5.76 Å². The minimum atomic E-state index is -0.401. The summed E-state index contributed by atoms with van der Waals surface area (Å²) < 4.78 is 20.1. The van der Waals surface area contributed by atoms with Crippen LogP contribution in [0, 0.1) is 5.82 Å². The van der Waals surface area contributed by atoms with Crippen LogP contribution in [0.5, 0.6) is 0 Å². The molecule has 0 spiro atoms. The summed E-state index contributed by atoms with van der Waals surface area (Å²) >= 11 is 0. The highest BCUT2D eigenvalue weighted by atomic mass is 19.1. The normalized spacial score (nSPS) is 13.5. The molecule has 6 nitrogen and oxygen atoms in total. The molecule has 1 saturated heterocycles. The van der Waals surface area contributed by atoms with Gasteiger partial charge in [-0.05, 0) is 42.7 Å². The Bertz CT molecular complexity index is 1380. The molecule has 0 atom stereocenters. The third-order valence-corrected chi connectivity index (χ3v) is 6.65. The number of hydrogen-bond acceptors (Lipinski definition) is 4. The molecule has 2 amide bonds. The molecule has 37 heavy (non-hydrogen) atoms. The molecule has 188 valence electrons. The molecule has 2 heterocycles. The molecule has 0 aliphatic carbocycles. The molecular weight excluding hydrogens is 469 g/mol. The van der Waals surface area contributed by atoms with Crippen molar-refractivity contribution in [3.63, 3.8) is 0 Å². The zero-order chi connectivity index (χ0) is 25.6. The van der Waals surface area contributed by atoms with Crippen LogP contribution in [0.25, 0.3) is 22.8 Å². The van der Waals surface area contributed by atoms with Gasteiger partial charge < -0.3 is 14.2 Å². The van der Waals surface area contributed by atoms with Crippen molar-refractivity contribution in [3.05, 3.63) is 102 Å². The van der Waals surface area contributed by atoms with Gasteiger partial charge in [-0.3, -0.25) is 9.59 Å². The van der Waals surface area contributed by atoms with Crippen LogP contribution in [0.2, 0.25) is 0 Å². The van der Waals surface area contributed by atoms with E-state index >= 15 is 0 Å². The van der Waals surface area contributed by atoms with E-state index in [1.165, 1.54) is 17.8 Å². The van der Waals surface area contributed by atoms with Gasteiger partial charge in [-0.2, -0.15) is 0 Å². The number of halogens is 1. The highest BCUT2D eigenvalue weighted by Crippen LogP contribution is 2.30. The summed E-state index contributed by atoms with van der Waals surface area (Å²) in [4.78, 5) is 34.0. The standard InChI is InChI=1S/C30H28FN3O3/c31-26-15-7-6-14-25(26)27-21-32-29(37-27)23-12-4-5-13-24(23)30(36)34-19-17-33(18-20-34)28(35)16-8-11-22-9-2-1-3-10-22/h1-7,9-10,12-15,21H,8,11,16-20H2. The summed E-state index contributed by atoms with van der Waals surface area (Å²) in [7, 11) is 0. The number of carbonyl (C=O) groups is 2. The molecule has 0 radical (unpaired) electrons. The molecule has 1 fully saturated rings. The van der Waals surface area contributed by atoms with E-state index in [1.54, 1.807) is 41.3 Å². The molecule has 0 N–H and O–H groups in total. The second-order valence-corrected chi connectivity index (χ2v) is 9.07. The lowest BCUT2D eigenvalue weighted by Crippen LogP contribution is -2.50. The number of piperazine rings is 1. The molecule has 7 heteroatoms. The van der Waals surface area contributed by atoms with Crippen LogP contribution in [-0.2, 0) is 11.2 Å². The van der Waals surface area contributed by atoms with Gasteiger partial charge in [0.25, 0.3) is 5.91 Å². The number of benzene rings is 3. The first-order valence-electron chi connectivity index (χ1n) is 12.5. The van der Waals surface area contributed by atoms with Crippen molar-refractivity contribution in [2.45, 2.75) is 19.3 Å². The first-order valence-corrected chi connectivity index (χ1v) is 12.5. The Labute approximate surface area is 215 Å². The average Bonchev–Trinajstić information content (AvgIpc) is 3.43. The Kier molecular flexibility index (Phi) is 7.40. The summed E-state index contributed by atoms with van der Waals surface area (Å²) in [6, 6.07) is 23.6. The van der Waals surface area contributed by atoms with Crippen LogP contribution in [0.3, 0.4) is 0 Å². The lowest BCUT2D eigenvalue weighted by molar-refractivity contribution is -0.132. The smallest absolute Gasteiger partial charge is 0.254 e. The summed E-state index contributed by atoms with van der Waals surface area (Å²) in [6.07, 6.45) is 3.65. The van der Waals surface area contributed by atoms with E-state index in [0.717, 1.165) is 12.8 Å². The lowest BCUT2D eigenvalue weighted by atomic mass is 10.1. The molecule has 1 aliphatic rings. The Morgan fingerprint density at radius 3 is 2.22 bits per heavy atom. The molecule has 4 aromatic rings. The van der Waals surface area contributed by atoms with E-state index in [2.05, 4.69) is 17.1 Å². The van der Waals surface area contributed by atoms with Crippen molar-refractivity contribution >= 4 is 11.8 Å². The van der Waals surface area contributed by atoms with Crippen molar-refractivity contribution in [3.8, 4) is 22.8 Å². The number of hydrogen-bond donors (Lipinski definition) is 0. The molecular formula is C30H28FN3O3. The maximum atomic E-state index is 14.2. The number of amides is 2. The maximum absolute atomic E-state index is 14.2. The molecule has 3 aromatic carbocycles. The predicted molar refractivity (Wildman–Crippen MR) is 139 cm³/mol. The first kappa shape index (κ1) is 24.4. The third kappa shape index (κ3) is 5.61. The van der Waals surface area contributed by atoms with Gasteiger partial charge in [0.2, 0.25) is 11.8 Å². The minimum absolute atomic E-state index is 0.129. The summed E-state index contributed by atoms with van der Waals surface area (Å²) in [5.74, 6) is 0.146. The number of carbonyl (C=O) groups excluding carboxylic acids is 2. The monoisotopic (exact) mass is 497 g/mol. The number of rotatable bonds is 7. The zero-order valence-corrected chi connectivity index (χ0v) is 20.5. The van der Waals surface area contributed by atoms with E-state index < -0.39 is 5.82 Å². The zero-order valence-electron chi connectivity index (χ0n) is 20.5. The van der Waals surface area contributed by atoms with E-state index in [0.29, 0.717) is 55.1 Å². The number of aromatic nitrogens is 1. The molecule has 1 aliphatic heterocycles. The Morgan fingerprint density at radius 1 is 0.811 bits per heavy atom. The van der Waals surface area contributed by atoms with Gasteiger partial charge in [0.05, 0.1) is 17.3 Å². The van der Waals surface area contributed by atoms with Crippen molar-refractivity contribution < 1.29 is 18.4 Å². The fourth-order valence-electron chi connectivity index (χ4n) is 4.62. The Hall–Kier alpha value is -4.26. The quantitative estimate of drug-likeness (QED) is 0.340. The average molecular weight is 498 g/mol. The van der Waals surface area contributed by atoms with E-state index in [-0.39, 0.29) is 17.7 Å². The number of nitrogens with zero attached hydrogens (tertiary/aromatic N) is 3. The number of oxazole rings is 1. The fraction of sp³-hybridized carbons (Fsp3) is 0.233. The van der Waals surface area contributed by atoms with E-state index in [1.807, 2.05) is 29.2 Å². The molecule has 0 saturated carbocycles. The third-order valence-electron chi connectivity index (χ3n) is 6.65. The highest BCUT2D eigenvalue weighted by molar-refractivity contribution is 6.00. The minimum Gasteiger partial charge on any atom is -0.436 e. The summed E-state index contributed by atoms with van der Waals surface area (Å²) in [6.45, 7) is 1.94. The van der Waals surface area contributed by atoms with Crippen molar-refractivity contribution in [2.75, 3.05) is 26.2 Å². The number of aryl methyl sites for hydroxylation is 1. The van der Waals surface area contributed by atoms with Crippen LogP contribution in [-0.4, -0.2) is 52.8 Å². The first-order chi connectivity index (χ1) is 18.1. The second kappa shape index (κ2) is 11.2. The Morgan fingerprint density at radius 2 is 1.46 bits per heavy atom. The van der Waals surface area contributed by atoms with Crippen molar-refractivity contribution in [1.29, 1.82) is 0 Å². The van der Waals surface area contributed by atoms with Gasteiger partial charge >= 0.3 is 0 Å². The van der Waals surface area contributed by atoms with Gasteiger partial charge in [0.1, 0.15) is 5.82 Å². The molecule has 0 unspecified atom stereocenters. The maximum Gasteiger partial charge on any atom is 0.254 e. The van der Waals surface area contributed by atoms with Gasteiger partial charge in [-0.25, -0.2) is 9.37 Å². The van der Waals surface area contributed by atoms with Gasteiger partial charge in [-0.15, -0.1) is 0 Å². The Balaban J connectivity index is 1.21. The van der Waals surface area contributed by atoms with Crippen molar-refractivity contribution in [2.24, 2.45) is 0 Å². The summed E-state index contributed by atoms with van der Waals surface area (Å²) in [5, 5.41) is 0. The van der Waals surface area contributed by atoms with Crippen LogP contribution in [0.15, 0.2) is 89.5 Å². The topological polar surface area (TPSA) is 66.7 Å².